The molecule has 10 unspecified atom stereocenters. The van der Waals surface area contributed by atoms with Crippen LogP contribution in [0.2, 0.25) is 0 Å². The van der Waals surface area contributed by atoms with Crippen molar-refractivity contribution in [1.29, 1.82) is 0 Å². The number of carboxylic acids is 4. The van der Waals surface area contributed by atoms with Crippen molar-refractivity contribution in [3.8, 4) is 0 Å². The third-order valence-corrected chi connectivity index (χ3v) is 18.7. The number of nitrogens with one attached hydrogen (secondary N) is 3. The highest BCUT2D eigenvalue weighted by Gasteiger charge is 2.32. The average Bonchev–Trinajstić information content (AvgIpc) is 0.881. The number of carboxylic acid groups (broad SMARTS) is 4. The van der Waals surface area contributed by atoms with Crippen LogP contribution < -0.4 is 16.0 Å². The Kier molecular flexibility index (Phi) is 69.0. The number of amides is 3. The zero-order chi connectivity index (χ0) is 76.3. The number of carbonyl (C=O) groups excluding carboxylic acids is 11. The number of rotatable bonds is 54. The summed E-state index contributed by atoms with van der Waals surface area (Å²) in [4.78, 5) is 171. The number of thioether (sulfide) groups is 5. The topological polar surface area (TPSA) is 373 Å². The highest BCUT2D eigenvalue weighted by molar-refractivity contribution is 7.99. The first-order valence-corrected chi connectivity index (χ1v) is 40.9. The Balaban J connectivity index is -0.000000394. The van der Waals surface area contributed by atoms with Gasteiger partial charge in [-0.2, -0.15) is 58.8 Å². The first-order chi connectivity index (χ1) is 46.9. The summed E-state index contributed by atoms with van der Waals surface area (Å²) in [6.45, 7) is 15.4. The second-order valence-corrected chi connectivity index (χ2v) is 30.3. The molecular formula is C73H123N3O19S5. The molecule has 0 radical (unpaired) electrons. The Morgan fingerprint density at radius 2 is 0.680 bits per heavy atom. The van der Waals surface area contributed by atoms with E-state index in [1.54, 1.807) is 58.8 Å². The van der Waals surface area contributed by atoms with E-state index in [0.717, 1.165) is 66.7 Å². The van der Waals surface area contributed by atoms with E-state index in [4.69, 9.17) is 10.2 Å². The third kappa shape index (κ3) is 55.3. The molecule has 0 spiro atoms. The molecule has 7 N–H and O–H groups in total. The first-order valence-electron chi connectivity index (χ1n) is 34.0. The number of benzene rings is 1. The van der Waals surface area contributed by atoms with Gasteiger partial charge in [0.05, 0.1) is 41.8 Å². The number of hydrogen-bond donors (Lipinski definition) is 7. The number of aldehydes is 5. The normalized spacial score (nSPS) is 13.6. The Labute approximate surface area is 618 Å². The zero-order valence-electron chi connectivity index (χ0n) is 60.9. The van der Waals surface area contributed by atoms with Gasteiger partial charge in [0, 0.05) is 62.7 Å². The molecule has 10 atom stereocenters. The molecule has 100 heavy (non-hydrogen) atoms. The summed E-state index contributed by atoms with van der Waals surface area (Å²) in [6, 6.07) is 7.30. The number of hydrogen-bond acceptors (Lipinski definition) is 20. The second kappa shape index (κ2) is 66.8. The summed E-state index contributed by atoms with van der Waals surface area (Å²) in [6.07, 6.45) is 21.9. The van der Waals surface area contributed by atoms with Crippen molar-refractivity contribution in [1.82, 2.24) is 16.0 Å². The molecule has 0 saturated carbocycles. The molecule has 22 nitrogen and oxygen atoms in total. The lowest BCUT2D eigenvalue weighted by Gasteiger charge is -2.24. The van der Waals surface area contributed by atoms with Crippen LogP contribution in [0.1, 0.15) is 190 Å². The van der Waals surface area contributed by atoms with Gasteiger partial charge in [-0.1, -0.05) is 105 Å². The molecule has 0 aromatic heterocycles. The van der Waals surface area contributed by atoms with Crippen molar-refractivity contribution >= 4 is 149 Å². The molecule has 1 aromatic carbocycles. The van der Waals surface area contributed by atoms with E-state index in [-0.39, 0.29) is 112 Å². The van der Waals surface area contributed by atoms with Crippen LogP contribution in [-0.2, 0) is 78.3 Å². The van der Waals surface area contributed by atoms with Crippen molar-refractivity contribution in [2.75, 3.05) is 60.0 Å². The van der Waals surface area contributed by atoms with Crippen molar-refractivity contribution in [2.45, 2.75) is 209 Å². The maximum absolute atomic E-state index is 13.0. The van der Waals surface area contributed by atoms with Crippen LogP contribution in [-0.4, -0.2) is 189 Å². The highest BCUT2D eigenvalue weighted by Crippen LogP contribution is 2.22. The molecule has 1 rings (SSSR count). The van der Waals surface area contributed by atoms with E-state index in [1.165, 1.54) is 6.92 Å². The SMILES string of the molecule is C.CCCCCC(CC=O)C(=O)O.CSCCC(CC(=O)C(CC(C)C)NC(=O)C(CC=O)CCSC)C(=O)O.CSCCC(CC=O)C(=O)NC(CC(C)C)C(=O)CC(Cc1ccccc1)C(=O)O.CSCCC(CC=O)C(=O)NC(CC(C)C)C(C)=O.CSCCC(CC=O)C(=O)O. The van der Waals surface area contributed by atoms with Gasteiger partial charge in [-0.05, 0) is 154 Å². The molecule has 3 amide bonds. The standard InChI is InChI=1S/C23H33NO5S.C19H33NO5S2.C14H25NO3S.C9H16O3.C7H12O3S.CH4/c1-16(2)13-20(24-22(27)18(9-11-25)10-12-30-3)21(26)15-19(23(28)29)14-17-7-5-4-6-8-17;1-13(2)11-16(17(22)12-15(19(24)25)7-10-27-4)20-18(23)14(5-8-21)6-9-26-3;1-10(2)9-13(11(3)17)15-14(18)12(5-7-16)6-8-19-4;1-2-3-4-5-8(6-7-10)9(11)12;1-11-5-3-6(2-4-8)7(9)10;/h4-8,11,16,18-20H,9-10,12-15H2,1-3H3,(H,24,27)(H,28,29);8,13-16H,5-7,9-12H2,1-4H3,(H,20,23)(H,24,25);7,10,12-13H,5-6,8-9H2,1-4H3,(H,15,18);7-8H,2-6H2,1H3,(H,11,12);4,6H,2-3,5H2,1H3,(H,9,10);1H4. The van der Waals surface area contributed by atoms with Crippen LogP contribution in [0.4, 0.5) is 0 Å². The minimum absolute atomic E-state index is 0. The third-order valence-electron chi connectivity index (χ3n) is 15.5. The summed E-state index contributed by atoms with van der Waals surface area (Å²) in [5, 5.41) is 44.5. The Bertz CT molecular complexity index is 2470. The van der Waals surface area contributed by atoms with Gasteiger partial charge in [-0.25, -0.2) is 0 Å². The number of unbranched alkanes of at least 4 members (excludes halogenated alkanes) is 2. The van der Waals surface area contributed by atoms with Gasteiger partial charge in [-0.3, -0.25) is 47.9 Å². The molecule has 0 fully saturated rings. The first kappa shape index (κ1) is 103. The molecule has 0 aliphatic heterocycles. The van der Waals surface area contributed by atoms with Crippen LogP contribution >= 0.6 is 58.8 Å². The Morgan fingerprint density at radius 3 is 0.970 bits per heavy atom. The molecule has 0 aliphatic carbocycles. The number of ketones is 3. The maximum Gasteiger partial charge on any atom is 0.307 e. The van der Waals surface area contributed by atoms with Crippen LogP contribution in [0.5, 0.6) is 0 Å². The van der Waals surface area contributed by atoms with Crippen LogP contribution in [0.15, 0.2) is 30.3 Å². The van der Waals surface area contributed by atoms with Gasteiger partial charge in [0.1, 0.15) is 31.4 Å². The molecule has 1 aromatic rings. The van der Waals surface area contributed by atoms with Crippen molar-refractivity contribution < 1.29 is 92.3 Å². The van der Waals surface area contributed by atoms with E-state index in [2.05, 4.69) is 22.9 Å². The molecule has 0 saturated heterocycles. The lowest BCUT2D eigenvalue weighted by Crippen LogP contribution is -2.45. The summed E-state index contributed by atoms with van der Waals surface area (Å²) < 4.78 is 0. The predicted octanol–water partition coefficient (Wildman–Crippen LogP) is 11.9. The van der Waals surface area contributed by atoms with Crippen molar-refractivity contribution in [3.05, 3.63) is 35.9 Å². The summed E-state index contributed by atoms with van der Waals surface area (Å²) in [7, 11) is 0. The maximum atomic E-state index is 13.0. The fraction of sp³-hybridized carbons (Fsp3) is 0.712. The fourth-order valence-corrected chi connectivity index (χ4v) is 12.3. The Morgan fingerprint density at radius 1 is 0.400 bits per heavy atom. The summed E-state index contributed by atoms with van der Waals surface area (Å²) >= 11 is 7.97. The van der Waals surface area contributed by atoms with Crippen LogP contribution in [0, 0.1) is 59.2 Å². The average molecular weight is 1510 g/mol. The van der Waals surface area contributed by atoms with E-state index in [1.807, 2.05) is 103 Å². The second-order valence-electron chi connectivity index (χ2n) is 25.4. The molecule has 0 heterocycles. The molecule has 574 valence electrons. The number of carbonyl (C=O) groups is 15. The van der Waals surface area contributed by atoms with Gasteiger partial charge < -0.3 is 60.3 Å². The highest BCUT2D eigenvalue weighted by atomic mass is 32.2. The van der Waals surface area contributed by atoms with Gasteiger partial charge in [0.15, 0.2) is 17.3 Å². The largest absolute Gasteiger partial charge is 0.481 e. The van der Waals surface area contributed by atoms with E-state index < -0.39 is 77.5 Å². The van der Waals surface area contributed by atoms with Gasteiger partial charge in [0.25, 0.3) is 0 Å². The minimum atomic E-state index is -1.03. The van der Waals surface area contributed by atoms with E-state index in [9.17, 15) is 82.1 Å². The molecule has 0 aliphatic rings. The molecule has 27 heteroatoms. The molecule has 0 bridgehead atoms. The fourth-order valence-electron chi connectivity index (χ4n) is 9.65. The quantitative estimate of drug-likeness (QED) is 0.0235. The summed E-state index contributed by atoms with van der Waals surface area (Å²) in [5.41, 5.74) is 0.852. The zero-order valence-corrected chi connectivity index (χ0v) is 65.0. The van der Waals surface area contributed by atoms with Crippen LogP contribution in [0.25, 0.3) is 0 Å². The van der Waals surface area contributed by atoms with Crippen molar-refractivity contribution in [3.63, 3.8) is 0 Å². The van der Waals surface area contributed by atoms with E-state index in [0.29, 0.717) is 82.0 Å². The van der Waals surface area contributed by atoms with Crippen LogP contribution in [0.3, 0.4) is 0 Å². The predicted molar refractivity (Wildman–Crippen MR) is 408 cm³/mol. The molecular weight excluding hydrogens is 1380 g/mol. The lowest BCUT2D eigenvalue weighted by molar-refractivity contribution is -0.144. The van der Waals surface area contributed by atoms with Crippen molar-refractivity contribution in [2.24, 2.45) is 59.2 Å². The van der Waals surface area contributed by atoms with Gasteiger partial charge in [0.2, 0.25) is 17.7 Å². The Hall–Kier alpha value is -5.38. The monoisotopic (exact) mass is 1510 g/mol. The van der Waals surface area contributed by atoms with E-state index >= 15 is 0 Å². The smallest absolute Gasteiger partial charge is 0.307 e. The minimum Gasteiger partial charge on any atom is -0.481 e. The lowest BCUT2D eigenvalue weighted by atomic mass is 9.89. The van der Waals surface area contributed by atoms with Gasteiger partial charge >= 0.3 is 23.9 Å². The summed E-state index contributed by atoms with van der Waals surface area (Å²) in [5.74, 6) is -4.42. The van der Waals surface area contributed by atoms with Gasteiger partial charge in [-0.15, -0.1) is 0 Å². The number of Topliss-reactive ketones (excluding diaryl/α,β-unsaturated/α-hetero) is 3. The number of aliphatic carboxylic acids is 4.